The van der Waals surface area contributed by atoms with Crippen LogP contribution in [0.5, 0.6) is 0 Å². The van der Waals surface area contributed by atoms with Gasteiger partial charge in [-0.2, -0.15) is 8.42 Å². The van der Waals surface area contributed by atoms with Crippen LogP contribution in [0, 0.1) is 0 Å². The van der Waals surface area contributed by atoms with Crippen LogP contribution in [0.4, 0.5) is 0 Å². The molecule has 0 aliphatic carbocycles. The number of aliphatic hydroxyl groups excluding tert-OH is 4. The summed E-state index contributed by atoms with van der Waals surface area (Å²) >= 11 is 0. The molecule has 1 heterocycles. The fraction of sp³-hybridized carbons (Fsp3) is 0.875. The summed E-state index contributed by atoms with van der Waals surface area (Å²) in [6.07, 6.45) is 25.1. The first-order chi connectivity index (χ1) is 25.5. The van der Waals surface area contributed by atoms with Crippen molar-refractivity contribution in [3.8, 4) is 0 Å². The third kappa shape index (κ3) is 25.4. The van der Waals surface area contributed by atoms with Crippen molar-refractivity contribution < 1.29 is 51.8 Å². The van der Waals surface area contributed by atoms with Gasteiger partial charge in [-0.15, -0.1) is 0 Å². The molecule has 53 heavy (non-hydrogen) atoms. The van der Waals surface area contributed by atoms with Crippen molar-refractivity contribution in [1.82, 2.24) is 5.32 Å². The number of carbonyl (C=O) groups is 1. The Labute approximate surface area is 321 Å². The minimum Gasteiger partial charge on any atom is -0.394 e. The Morgan fingerprint density at radius 1 is 0.736 bits per heavy atom. The average molecular weight is 778 g/mol. The van der Waals surface area contributed by atoms with E-state index in [4.69, 9.17) is 14.0 Å². The van der Waals surface area contributed by atoms with E-state index in [1.54, 1.807) is 6.08 Å². The maximum atomic E-state index is 12.9. The van der Waals surface area contributed by atoms with Gasteiger partial charge < -0.3 is 35.2 Å². The van der Waals surface area contributed by atoms with Crippen LogP contribution >= 0.6 is 0 Å². The van der Waals surface area contributed by atoms with E-state index in [1.165, 1.54) is 83.5 Å². The molecule has 0 saturated carbocycles. The lowest BCUT2D eigenvalue weighted by atomic mass is 9.99. The SMILES string of the molecule is CCCCCCCCC/C=C\CCCCCCCC(=O)NC(COC1OC(CO)C(O)C(OS(=O)(=O)O)C1O)C(O)/C=C/CCCCCCCCCC. The van der Waals surface area contributed by atoms with Crippen LogP contribution in [0.25, 0.3) is 0 Å². The minimum atomic E-state index is -5.08. The van der Waals surface area contributed by atoms with Crippen LogP contribution in [0.2, 0.25) is 0 Å². The van der Waals surface area contributed by atoms with Crippen LogP contribution in [0.1, 0.15) is 168 Å². The number of allylic oxidation sites excluding steroid dienone is 3. The van der Waals surface area contributed by atoms with Gasteiger partial charge in [0, 0.05) is 6.42 Å². The van der Waals surface area contributed by atoms with E-state index < -0.39 is 59.9 Å². The van der Waals surface area contributed by atoms with Crippen molar-refractivity contribution >= 4 is 16.3 Å². The lowest BCUT2D eigenvalue weighted by molar-refractivity contribution is -0.298. The standard InChI is InChI=1S/C40H75NO11S/c1-3-5-7-9-11-13-15-16-17-18-19-20-22-24-26-28-30-36(44)41-33(34(43)29-27-25-23-21-14-12-10-8-6-4-2)32-50-40-38(46)39(52-53(47,48)49)37(45)35(31-42)51-40/h17-18,27,29,33-35,37-40,42-43,45-46H,3-16,19-26,28,30-32H2,1-2H3,(H,41,44)(H,47,48,49)/b18-17-,29-27+. The molecular weight excluding hydrogens is 703 g/mol. The molecule has 0 aromatic heterocycles. The summed E-state index contributed by atoms with van der Waals surface area (Å²) in [5.74, 6) is -0.274. The molecule has 0 aromatic carbocycles. The van der Waals surface area contributed by atoms with E-state index in [0.29, 0.717) is 6.42 Å². The molecule has 0 radical (unpaired) electrons. The van der Waals surface area contributed by atoms with Crippen molar-refractivity contribution in [2.75, 3.05) is 13.2 Å². The largest absolute Gasteiger partial charge is 0.397 e. The Kier molecular flexibility index (Phi) is 29.7. The van der Waals surface area contributed by atoms with Crippen molar-refractivity contribution in [2.24, 2.45) is 0 Å². The summed E-state index contributed by atoms with van der Waals surface area (Å²) in [6.45, 7) is 3.33. The molecule has 1 amide bonds. The number of hydrogen-bond acceptors (Lipinski definition) is 10. The topological polar surface area (TPSA) is 192 Å². The summed E-state index contributed by atoms with van der Waals surface area (Å²) in [5.41, 5.74) is 0. The van der Waals surface area contributed by atoms with Crippen LogP contribution in [-0.4, -0.2) is 95.4 Å². The Morgan fingerprint density at radius 3 is 1.70 bits per heavy atom. The third-order valence-corrected chi connectivity index (χ3v) is 10.2. The zero-order valence-corrected chi connectivity index (χ0v) is 33.6. The van der Waals surface area contributed by atoms with Crippen LogP contribution in [0.15, 0.2) is 24.3 Å². The highest BCUT2D eigenvalue weighted by molar-refractivity contribution is 7.80. The highest BCUT2D eigenvalue weighted by Gasteiger charge is 2.48. The predicted molar refractivity (Wildman–Crippen MR) is 209 cm³/mol. The number of aliphatic hydroxyl groups is 4. The van der Waals surface area contributed by atoms with E-state index in [9.17, 15) is 33.6 Å². The van der Waals surface area contributed by atoms with Gasteiger partial charge >= 0.3 is 10.4 Å². The molecule has 1 aliphatic heterocycles. The molecule has 1 rings (SSSR count). The van der Waals surface area contributed by atoms with E-state index in [1.807, 2.05) is 6.08 Å². The maximum Gasteiger partial charge on any atom is 0.397 e. The Morgan fingerprint density at radius 2 is 1.21 bits per heavy atom. The Balaban J connectivity index is 2.57. The Bertz CT molecular complexity index is 1060. The smallest absolute Gasteiger partial charge is 0.394 e. The first-order valence-corrected chi connectivity index (χ1v) is 22.1. The summed E-state index contributed by atoms with van der Waals surface area (Å²) in [5, 5.41) is 44.4. The van der Waals surface area contributed by atoms with Gasteiger partial charge in [0.05, 0.1) is 25.4 Å². The van der Waals surface area contributed by atoms with Gasteiger partial charge in [-0.1, -0.05) is 141 Å². The molecule has 1 aliphatic rings. The first kappa shape index (κ1) is 49.6. The zero-order chi connectivity index (χ0) is 39.2. The first-order valence-electron chi connectivity index (χ1n) is 20.7. The summed E-state index contributed by atoms with van der Waals surface area (Å²) < 4.78 is 47.4. The van der Waals surface area contributed by atoms with Crippen LogP contribution < -0.4 is 5.32 Å². The number of nitrogens with one attached hydrogen (secondary N) is 1. The zero-order valence-electron chi connectivity index (χ0n) is 32.8. The third-order valence-electron chi connectivity index (χ3n) is 9.73. The molecule has 1 saturated heterocycles. The number of unbranched alkanes of at least 4 members (excludes halogenated alkanes) is 20. The molecule has 6 N–H and O–H groups in total. The summed E-state index contributed by atoms with van der Waals surface area (Å²) in [4.78, 5) is 12.9. The molecule has 13 heteroatoms. The van der Waals surface area contributed by atoms with Gasteiger partial charge in [0.25, 0.3) is 0 Å². The normalized spacial score (nSPS) is 22.1. The second kappa shape index (κ2) is 31.7. The Hall–Kier alpha value is -1.42. The summed E-state index contributed by atoms with van der Waals surface area (Å²) in [6, 6.07) is -0.943. The molecule has 12 nitrogen and oxygen atoms in total. The second-order valence-corrected chi connectivity index (χ2v) is 15.6. The van der Waals surface area contributed by atoms with Crippen molar-refractivity contribution in [3.05, 3.63) is 24.3 Å². The molecule has 0 spiro atoms. The van der Waals surface area contributed by atoms with Gasteiger partial charge in [-0.25, -0.2) is 4.18 Å². The average Bonchev–Trinajstić information content (AvgIpc) is 3.12. The number of amides is 1. The van der Waals surface area contributed by atoms with Gasteiger partial charge in [0.1, 0.15) is 24.4 Å². The lowest BCUT2D eigenvalue weighted by Gasteiger charge is -2.41. The van der Waals surface area contributed by atoms with E-state index >= 15 is 0 Å². The quantitative estimate of drug-likeness (QED) is 0.0224. The highest BCUT2D eigenvalue weighted by Crippen LogP contribution is 2.26. The molecule has 0 aromatic rings. The predicted octanol–water partition coefficient (Wildman–Crippen LogP) is 6.99. The van der Waals surface area contributed by atoms with Crippen LogP contribution in [0.3, 0.4) is 0 Å². The molecule has 1 fully saturated rings. The number of hydrogen-bond donors (Lipinski definition) is 6. The monoisotopic (exact) mass is 778 g/mol. The fourth-order valence-electron chi connectivity index (χ4n) is 6.45. The number of ether oxygens (including phenoxy) is 2. The molecule has 0 bridgehead atoms. The second-order valence-electron chi connectivity index (χ2n) is 14.6. The van der Waals surface area contributed by atoms with Gasteiger partial charge in [-0.05, 0) is 44.9 Å². The van der Waals surface area contributed by atoms with Gasteiger partial charge in [0.2, 0.25) is 5.91 Å². The van der Waals surface area contributed by atoms with E-state index in [2.05, 4.69) is 35.5 Å². The number of rotatable bonds is 34. The minimum absolute atomic E-state index is 0.259. The molecule has 7 atom stereocenters. The lowest BCUT2D eigenvalue weighted by Crippen LogP contribution is -2.61. The van der Waals surface area contributed by atoms with Crippen molar-refractivity contribution in [1.29, 1.82) is 0 Å². The molecule has 7 unspecified atom stereocenters. The number of carbonyl (C=O) groups excluding carboxylic acids is 1. The van der Waals surface area contributed by atoms with Crippen LogP contribution in [-0.2, 0) is 28.9 Å². The van der Waals surface area contributed by atoms with E-state index in [0.717, 1.165) is 57.8 Å². The van der Waals surface area contributed by atoms with Gasteiger partial charge in [0.15, 0.2) is 6.29 Å². The van der Waals surface area contributed by atoms with Gasteiger partial charge in [-0.3, -0.25) is 9.35 Å². The van der Waals surface area contributed by atoms with Crippen molar-refractivity contribution in [2.45, 2.75) is 211 Å². The maximum absolute atomic E-state index is 12.9. The fourth-order valence-corrected chi connectivity index (χ4v) is 6.96. The van der Waals surface area contributed by atoms with Crippen molar-refractivity contribution in [3.63, 3.8) is 0 Å². The summed E-state index contributed by atoms with van der Waals surface area (Å²) in [7, 11) is -5.08. The highest BCUT2D eigenvalue weighted by atomic mass is 32.3. The van der Waals surface area contributed by atoms with E-state index in [-0.39, 0.29) is 18.9 Å². The molecule has 312 valence electrons. The molecular formula is C40H75NO11S.